The fraction of sp³-hybridized carbons (Fsp3) is 0.778. The summed E-state index contributed by atoms with van der Waals surface area (Å²) in [6.45, 7) is 15.1. The van der Waals surface area contributed by atoms with E-state index in [1.54, 1.807) is 21.0 Å². The van der Waals surface area contributed by atoms with Gasteiger partial charge in [0.05, 0.1) is 12.1 Å². The van der Waals surface area contributed by atoms with Crippen LogP contribution in [0.1, 0.15) is 86.5 Å². The van der Waals surface area contributed by atoms with Crippen molar-refractivity contribution in [2.45, 2.75) is 111 Å². The van der Waals surface area contributed by atoms with Crippen LogP contribution in [0.5, 0.6) is 0 Å². The number of hydrogen-bond acceptors (Lipinski definition) is 5. The van der Waals surface area contributed by atoms with Crippen LogP contribution >= 0.6 is 0 Å². The predicted octanol–water partition coefficient (Wildman–Crippen LogP) is 2.53. The fourth-order valence-corrected chi connectivity index (χ4v) is 3.74. The lowest BCUT2D eigenvalue weighted by Gasteiger charge is -2.30. The quantitative estimate of drug-likeness (QED) is 0.177. The topological polar surface area (TPSA) is 128 Å². The van der Waals surface area contributed by atoms with Gasteiger partial charge in [0.15, 0.2) is 0 Å². The molecule has 0 aromatic heterocycles. The second-order valence-corrected chi connectivity index (χ2v) is 10.7. The molecule has 0 rings (SSSR count). The average Bonchev–Trinajstić information content (AvgIpc) is 2.78. The van der Waals surface area contributed by atoms with Crippen LogP contribution in [0.3, 0.4) is 0 Å². The summed E-state index contributed by atoms with van der Waals surface area (Å²) in [4.78, 5) is 52.5. The molecule has 0 saturated carbocycles. The molecule has 0 unspecified atom stereocenters. The third kappa shape index (κ3) is 13.0. The molecule has 208 valence electrons. The van der Waals surface area contributed by atoms with Gasteiger partial charge >= 0.3 is 0 Å². The Hall–Kier alpha value is -2.42. The maximum atomic E-state index is 13.3. The zero-order valence-electron chi connectivity index (χ0n) is 23.6. The van der Waals surface area contributed by atoms with Gasteiger partial charge in [0, 0.05) is 26.9 Å². The van der Waals surface area contributed by atoms with Gasteiger partial charge in [-0.1, -0.05) is 59.6 Å². The molecule has 0 radical (unpaired) electrons. The number of nitrogens with one attached hydrogen (secondary N) is 3. The number of nitrogens with zero attached hydrogens (tertiary/aromatic N) is 1. The van der Waals surface area contributed by atoms with Crippen LogP contribution in [0.4, 0.5) is 0 Å². The van der Waals surface area contributed by atoms with E-state index in [0.29, 0.717) is 18.4 Å². The third-order valence-electron chi connectivity index (χ3n) is 5.99. The molecule has 0 aliphatic carbocycles. The molecular formula is C27H50N4O5. The Kier molecular flexibility index (Phi) is 16.0. The molecule has 0 heterocycles. The summed E-state index contributed by atoms with van der Waals surface area (Å²) in [6.07, 6.45) is 2.71. The molecule has 0 saturated heterocycles. The minimum absolute atomic E-state index is 0.0545. The van der Waals surface area contributed by atoms with E-state index in [-0.39, 0.29) is 36.5 Å². The minimum atomic E-state index is -1.01. The summed E-state index contributed by atoms with van der Waals surface area (Å²) in [6, 6.07) is -2.41. The van der Waals surface area contributed by atoms with E-state index in [1.807, 2.05) is 27.7 Å². The molecule has 0 aromatic carbocycles. The van der Waals surface area contributed by atoms with Gasteiger partial charge in [0.1, 0.15) is 12.1 Å². The van der Waals surface area contributed by atoms with E-state index in [0.717, 1.165) is 19.3 Å². The molecule has 0 aliphatic heterocycles. The summed E-state index contributed by atoms with van der Waals surface area (Å²) >= 11 is 0. The van der Waals surface area contributed by atoms with E-state index in [2.05, 4.69) is 29.5 Å². The monoisotopic (exact) mass is 510 g/mol. The number of aliphatic hydroxyl groups is 1. The van der Waals surface area contributed by atoms with E-state index in [1.165, 1.54) is 4.90 Å². The highest BCUT2D eigenvalue weighted by Gasteiger charge is 2.31. The summed E-state index contributed by atoms with van der Waals surface area (Å²) < 4.78 is 0. The summed E-state index contributed by atoms with van der Waals surface area (Å²) in [5.74, 6) is -1.35. The highest BCUT2D eigenvalue weighted by atomic mass is 16.3. The third-order valence-corrected chi connectivity index (χ3v) is 5.99. The molecule has 9 heteroatoms. The molecule has 9 nitrogen and oxygen atoms in total. The molecular weight excluding hydrogens is 460 g/mol. The van der Waals surface area contributed by atoms with Crippen molar-refractivity contribution in [3.05, 3.63) is 12.2 Å². The standard InChI is InChI=1S/C27H50N4O5/c1-10-11-12-13-22(32)30-24(18(4)5)27(36)28-20(14-15-23(33)31(8)9)26(35)29-21(16-17(2)3)25(34)19(6)7/h17-18,20-21,24-25,34H,6,10-16H2,1-5,7-9H3,(H,28,36)(H,29,35)(H,30,32)/t20-,21-,24-,25-/m0/s1. The summed E-state index contributed by atoms with van der Waals surface area (Å²) in [5, 5.41) is 19.0. The Morgan fingerprint density at radius 3 is 2.00 bits per heavy atom. The lowest BCUT2D eigenvalue weighted by atomic mass is 9.95. The van der Waals surface area contributed by atoms with Gasteiger partial charge in [0.2, 0.25) is 23.6 Å². The van der Waals surface area contributed by atoms with Crippen molar-refractivity contribution >= 4 is 23.6 Å². The molecule has 0 fully saturated rings. The zero-order valence-corrected chi connectivity index (χ0v) is 23.6. The van der Waals surface area contributed by atoms with Crippen molar-refractivity contribution in [3.63, 3.8) is 0 Å². The van der Waals surface area contributed by atoms with Gasteiger partial charge in [-0.25, -0.2) is 0 Å². The highest BCUT2D eigenvalue weighted by Crippen LogP contribution is 2.14. The molecule has 36 heavy (non-hydrogen) atoms. The number of unbranched alkanes of at least 4 members (excludes halogenated alkanes) is 2. The average molecular weight is 511 g/mol. The zero-order chi connectivity index (χ0) is 28.0. The van der Waals surface area contributed by atoms with Crippen LogP contribution in [-0.4, -0.2) is 72.0 Å². The number of aliphatic hydroxyl groups excluding tert-OH is 1. The van der Waals surface area contributed by atoms with Gasteiger partial charge < -0.3 is 26.0 Å². The Bertz CT molecular complexity index is 736. The lowest BCUT2D eigenvalue weighted by molar-refractivity contribution is -0.134. The van der Waals surface area contributed by atoms with Crippen molar-refractivity contribution in [3.8, 4) is 0 Å². The first-order valence-corrected chi connectivity index (χ1v) is 13.1. The van der Waals surface area contributed by atoms with E-state index < -0.39 is 36.0 Å². The Morgan fingerprint density at radius 1 is 0.917 bits per heavy atom. The molecule has 0 bridgehead atoms. The molecule has 0 aromatic rings. The highest BCUT2D eigenvalue weighted by molar-refractivity contribution is 5.92. The van der Waals surface area contributed by atoms with Crippen LogP contribution in [0.2, 0.25) is 0 Å². The molecule has 0 aliphatic rings. The first kappa shape index (κ1) is 33.6. The van der Waals surface area contributed by atoms with Gasteiger partial charge in [-0.2, -0.15) is 0 Å². The molecule has 4 N–H and O–H groups in total. The number of carbonyl (C=O) groups excluding carboxylic acids is 4. The second-order valence-electron chi connectivity index (χ2n) is 10.7. The molecule has 4 atom stereocenters. The van der Waals surface area contributed by atoms with E-state index in [9.17, 15) is 24.3 Å². The van der Waals surface area contributed by atoms with Crippen molar-refractivity contribution in [2.24, 2.45) is 11.8 Å². The lowest BCUT2D eigenvalue weighted by Crippen LogP contribution is -2.57. The largest absolute Gasteiger partial charge is 0.387 e. The normalized spacial score (nSPS) is 14.5. The smallest absolute Gasteiger partial charge is 0.243 e. The van der Waals surface area contributed by atoms with Crippen LogP contribution < -0.4 is 16.0 Å². The Morgan fingerprint density at radius 2 is 1.53 bits per heavy atom. The number of carbonyl (C=O) groups is 4. The predicted molar refractivity (Wildman–Crippen MR) is 143 cm³/mol. The van der Waals surface area contributed by atoms with Crippen LogP contribution in [-0.2, 0) is 19.2 Å². The van der Waals surface area contributed by atoms with Crippen LogP contribution in [0, 0.1) is 11.8 Å². The SMILES string of the molecule is C=C(C)[C@H](O)[C@H](CC(C)C)NC(=O)[C@H](CCC(=O)N(C)C)NC(=O)[C@@H](NC(=O)CCCCC)C(C)C. The second kappa shape index (κ2) is 17.1. The maximum absolute atomic E-state index is 13.3. The molecule has 4 amide bonds. The maximum Gasteiger partial charge on any atom is 0.243 e. The van der Waals surface area contributed by atoms with Crippen molar-refractivity contribution in [2.75, 3.05) is 14.1 Å². The van der Waals surface area contributed by atoms with Crippen molar-refractivity contribution < 1.29 is 24.3 Å². The van der Waals surface area contributed by atoms with Gasteiger partial charge in [-0.15, -0.1) is 0 Å². The number of amides is 4. The van der Waals surface area contributed by atoms with Crippen molar-refractivity contribution in [1.29, 1.82) is 0 Å². The number of hydrogen-bond donors (Lipinski definition) is 4. The summed E-state index contributed by atoms with van der Waals surface area (Å²) in [5.41, 5.74) is 0.523. The van der Waals surface area contributed by atoms with Gasteiger partial charge in [-0.05, 0) is 38.0 Å². The van der Waals surface area contributed by atoms with Crippen LogP contribution in [0.15, 0.2) is 12.2 Å². The van der Waals surface area contributed by atoms with Crippen LogP contribution in [0.25, 0.3) is 0 Å². The summed E-state index contributed by atoms with van der Waals surface area (Å²) in [7, 11) is 3.25. The first-order valence-electron chi connectivity index (χ1n) is 13.1. The Labute approximate surface area is 217 Å². The fourth-order valence-electron chi connectivity index (χ4n) is 3.74. The van der Waals surface area contributed by atoms with Gasteiger partial charge in [-0.3, -0.25) is 19.2 Å². The van der Waals surface area contributed by atoms with Gasteiger partial charge in [0.25, 0.3) is 0 Å². The van der Waals surface area contributed by atoms with Crippen molar-refractivity contribution in [1.82, 2.24) is 20.9 Å². The molecule has 0 spiro atoms. The van der Waals surface area contributed by atoms with E-state index >= 15 is 0 Å². The Balaban J connectivity index is 5.67. The van der Waals surface area contributed by atoms with E-state index in [4.69, 9.17) is 0 Å². The minimum Gasteiger partial charge on any atom is -0.387 e. The number of rotatable bonds is 17. The first-order chi connectivity index (χ1) is 16.7.